The number of aryl methyl sites for hydroxylation is 1. The molecule has 0 amide bonds. The van der Waals surface area contributed by atoms with E-state index in [2.05, 4.69) is 47.1 Å². The second-order valence-corrected chi connectivity index (χ2v) is 7.73. The van der Waals surface area contributed by atoms with Crippen molar-refractivity contribution >= 4 is 0 Å². The molecule has 0 radical (unpaired) electrons. The Hall–Kier alpha value is -1.70. The van der Waals surface area contributed by atoms with Crippen molar-refractivity contribution in [2.24, 2.45) is 0 Å². The Balaban J connectivity index is 0.000000552. The molecule has 0 spiro atoms. The van der Waals surface area contributed by atoms with E-state index in [1.807, 2.05) is 18.2 Å². The largest absolute Gasteiger partial charge is 0.265 e. The third kappa shape index (κ3) is 16.5. The first-order valence-electron chi connectivity index (χ1n) is 11.7. The monoisotopic (exact) mass is 383 g/mol. The molecule has 156 valence electrons. The Morgan fingerprint density at radius 2 is 0.929 bits per heavy atom. The predicted molar refractivity (Wildman–Crippen MR) is 121 cm³/mol. The summed E-state index contributed by atoms with van der Waals surface area (Å²) in [6.07, 6.45) is 27.9. The van der Waals surface area contributed by atoms with Gasteiger partial charge in [-0.15, -0.1) is 0 Å². The maximum Gasteiger partial charge on any atom is 0.168 e. The molecule has 2 aromatic heterocycles. The summed E-state index contributed by atoms with van der Waals surface area (Å²) >= 11 is 0. The summed E-state index contributed by atoms with van der Waals surface area (Å²) in [6.45, 7) is 3.47. The molecule has 0 fully saturated rings. The van der Waals surface area contributed by atoms with E-state index in [0.29, 0.717) is 0 Å². The molecular formula is C26H43N2+. The second kappa shape index (κ2) is 20.0. The average Bonchev–Trinajstić information content (AvgIpc) is 2.76. The van der Waals surface area contributed by atoms with Crippen LogP contribution in [-0.2, 0) is 6.54 Å². The molecule has 0 aromatic carbocycles. The lowest BCUT2D eigenvalue weighted by atomic mass is 10.0. The van der Waals surface area contributed by atoms with Crippen LogP contribution < -0.4 is 4.57 Å². The van der Waals surface area contributed by atoms with Crippen LogP contribution in [-0.4, -0.2) is 4.98 Å². The van der Waals surface area contributed by atoms with E-state index in [-0.39, 0.29) is 0 Å². The molecule has 28 heavy (non-hydrogen) atoms. The first kappa shape index (κ1) is 24.3. The molecule has 0 bridgehead atoms. The fourth-order valence-corrected chi connectivity index (χ4v) is 3.38. The first-order chi connectivity index (χ1) is 13.9. The maximum atomic E-state index is 3.78. The second-order valence-electron chi connectivity index (χ2n) is 7.73. The van der Waals surface area contributed by atoms with E-state index in [9.17, 15) is 0 Å². The molecule has 0 aliphatic carbocycles. The maximum absolute atomic E-state index is 3.78. The highest BCUT2D eigenvalue weighted by atomic mass is 14.9. The van der Waals surface area contributed by atoms with Gasteiger partial charge in [-0.25, -0.2) is 4.57 Å². The third-order valence-corrected chi connectivity index (χ3v) is 5.11. The minimum absolute atomic E-state index is 1.18. The molecule has 0 saturated heterocycles. The third-order valence-electron chi connectivity index (χ3n) is 5.11. The van der Waals surface area contributed by atoms with Crippen LogP contribution in [0.25, 0.3) is 0 Å². The van der Waals surface area contributed by atoms with Crippen molar-refractivity contribution in [3.63, 3.8) is 0 Å². The van der Waals surface area contributed by atoms with Crippen LogP contribution in [0.1, 0.15) is 96.8 Å². The van der Waals surface area contributed by atoms with Gasteiger partial charge in [0.05, 0.1) is 0 Å². The topological polar surface area (TPSA) is 16.8 Å². The van der Waals surface area contributed by atoms with Crippen LogP contribution >= 0.6 is 0 Å². The van der Waals surface area contributed by atoms with Gasteiger partial charge in [0.1, 0.15) is 6.54 Å². The lowest BCUT2D eigenvalue weighted by molar-refractivity contribution is -0.697. The molecule has 0 atom stereocenters. The van der Waals surface area contributed by atoms with Crippen LogP contribution in [0.2, 0.25) is 0 Å². The molecule has 0 unspecified atom stereocenters. The minimum atomic E-state index is 1.18. The van der Waals surface area contributed by atoms with Gasteiger partial charge in [-0.05, 0) is 18.6 Å². The smallest absolute Gasteiger partial charge is 0.168 e. The van der Waals surface area contributed by atoms with Gasteiger partial charge < -0.3 is 0 Å². The van der Waals surface area contributed by atoms with Crippen LogP contribution in [0.4, 0.5) is 0 Å². The van der Waals surface area contributed by atoms with E-state index in [4.69, 9.17) is 0 Å². The van der Waals surface area contributed by atoms with Crippen LogP contribution in [0, 0.1) is 0 Å². The van der Waals surface area contributed by atoms with Crippen molar-refractivity contribution in [1.29, 1.82) is 0 Å². The highest BCUT2D eigenvalue weighted by Crippen LogP contribution is 2.12. The van der Waals surface area contributed by atoms with E-state index < -0.39 is 0 Å². The Bertz CT molecular complexity index is 486. The lowest BCUT2D eigenvalue weighted by Gasteiger charge is -2.02. The van der Waals surface area contributed by atoms with Gasteiger partial charge in [0.2, 0.25) is 0 Å². The zero-order valence-electron chi connectivity index (χ0n) is 18.3. The van der Waals surface area contributed by atoms with Crippen molar-refractivity contribution in [2.45, 2.75) is 103 Å². The van der Waals surface area contributed by atoms with Gasteiger partial charge in [-0.2, -0.15) is 0 Å². The van der Waals surface area contributed by atoms with Gasteiger partial charge in [0.25, 0.3) is 0 Å². The molecule has 0 saturated carbocycles. The molecule has 0 N–H and O–H groups in total. The molecule has 0 aliphatic rings. The molecule has 2 nitrogen and oxygen atoms in total. The number of pyridine rings is 2. The van der Waals surface area contributed by atoms with E-state index >= 15 is 0 Å². The van der Waals surface area contributed by atoms with Gasteiger partial charge >= 0.3 is 0 Å². The predicted octanol–water partition coefficient (Wildman–Crippen LogP) is 7.54. The van der Waals surface area contributed by atoms with Crippen molar-refractivity contribution in [2.75, 3.05) is 0 Å². The van der Waals surface area contributed by atoms with Gasteiger partial charge in [0, 0.05) is 30.9 Å². The summed E-state index contributed by atoms with van der Waals surface area (Å²) in [5.74, 6) is 0. The van der Waals surface area contributed by atoms with Gasteiger partial charge in [-0.3, -0.25) is 4.98 Å². The zero-order valence-corrected chi connectivity index (χ0v) is 18.3. The summed E-state index contributed by atoms with van der Waals surface area (Å²) in [6, 6.07) is 12.0. The highest BCUT2D eigenvalue weighted by Gasteiger charge is 1.98. The Labute approximate surface area is 174 Å². The van der Waals surface area contributed by atoms with Crippen LogP contribution in [0.3, 0.4) is 0 Å². The highest BCUT2D eigenvalue weighted by molar-refractivity contribution is 4.88. The van der Waals surface area contributed by atoms with Crippen molar-refractivity contribution < 1.29 is 4.57 Å². The van der Waals surface area contributed by atoms with Crippen molar-refractivity contribution in [1.82, 2.24) is 4.98 Å². The van der Waals surface area contributed by atoms with E-state index in [1.54, 1.807) is 12.4 Å². The number of unbranched alkanes of at least 4 members (excludes halogenated alkanes) is 13. The quantitative estimate of drug-likeness (QED) is 0.229. The van der Waals surface area contributed by atoms with Crippen LogP contribution in [0.5, 0.6) is 0 Å². The molecule has 0 aliphatic heterocycles. The summed E-state index contributed by atoms with van der Waals surface area (Å²) in [5, 5.41) is 0. The van der Waals surface area contributed by atoms with Gasteiger partial charge in [0.15, 0.2) is 12.4 Å². The zero-order chi connectivity index (χ0) is 20.0. The van der Waals surface area contributed by atoms with Gasteiger partial charge in [-0.1, -0.05) is 96.1 Å². The summed E-state index contributed by atoms with van der Waals surface area (Å²) in [4.78, 5) is 3.78. The number of nitrogens with zero attached hydrogens (tertiary/aromatic N) is 2. The minimum Gasteiger partial charge on any atom is -0.265 e. The standard InChI is InChI=1S/C21H38N.C5H5N/c1-2-3-4-5-6-7-8-9-10-11-12-13-14-16-19-22-20-17-15-18-21-22;1-2-4-6-5-3-1/h15,17-18,20-21H,2-14,16,19H2,1H3;1-5H/q+1;. The lowest BCUT2D eigenvalue weighted by Crippen LogP contribution is -2.32. The summed E-state index contributed by atoms with van der Waals surface area (Å²) in [7, 11) is 0. The molecule has 2 aromatic rings. The van der Waals surface area contributed by atoms with Crippen molar-refractivity contribution in [3.05, 3.63) is 61.2 Å². The Morgan fingerprint density at radius 3 is 1.32 bits per heavy atom. The summed E-state index contributed by atoms with van der Waals surface area (Å²) in [5.41, 5.74) is 0. The fourth-order valence-electron chi connectivity index (χ4n) is 3.38. The van der Waals surface area contributed by atoms with Crippen molar-refractivity contribution in [3.8, 4) is 0 Å². The van der Waals surface area contributed by atoms with Crippen LogP contribution in [0.15, 0.2) is 61.2 Å². The van der Waals surface area contributed by atoms with E-state index in [1.165, 1.54) is 96.4 Å². The number of hydrogen-bond donors (Lipinski definition) is 0. The fraction of sp³-hybridized carbons (Fsp3) is 0.615. The Kier molecular flexibility index (Phi) is 17.4. The molecule has 2 heteroatoms. The normalized spacial score (nSPS) is 10.3. The number of aromatic nitrogens is 2. The Morgan fingerprint density at radius 1 is 0.500 bits per heavy atom. The summed E-state index contributed by atoms with van der Waals surface area (Å²) < 4.78 is 2.29. The first-order valence-corrected chi connectivity index (χ1v) is 11.7. The molecule has 2 rings (SSSR count). The number of rotatable bonds is 15. The van der Waals surface area contributed by atoms with E-state index in [0.717, 1.165) is 0 Å². The molecular weight excluding hydrogens is 340 g/mol. The SMILES string of the molecule is CCCCCCCCCCCCCCCC[n+]1ccccc1.c1ccncc1. The number of hydrogen-bond acceptors (Lipinski definition) is 1. The average molecular weight is 384 g/mol. The molecule has 2 heterocycles.